The number of hydrogen-bond donors (Lipinski definition) is 2. The Kier molecular flexibility index (Phi) is 3.39. The van der Waals surface area contributed by atoms with Gasteiger partial charge in [-0.3, -0.25) is 16.3 Å². The van der Waals surface area contributed by atoms with E-state index in [1.807, 2.05) is 13.8 Å². The van der Waals surface area contributed by atoms with Crippen molar-refractivity contribution >= 4 is 0 Å². The molecule has 0 saturated carbocycles. The molecule has 3 heteroatoms. The largest absolute Gasteiger partial charge is 0.271 e. The highest BCUT2D eigenvalue weighted by Crippen LogP contribution is 2.16. The van der Waals surface area contributed by atoms with Crippen LogP contribution in [0.25, 0.3) is 0 Å². The van der Waals surface area contributed by atoms with Gasteiger partial charge in [-0.25, -0.2) is 0 Å². The van der Waals surface area contributed by atoms with Crippen molar-refractivity contribution in [3.63, 3.8) is 0 Å². The Morgan fingerprint density at radius 3 is 2.31 bits per heavy atom. The first-order valence-electron chi connectivity index (χ1n) is 4.58. The summed E-state index contributed by atoms with van der Waals surface area (Å²) in [5.74, 6) is 5.45. The number of nitrogens with zero attached hydrogens (tertiary/aromatic N) is 1. The van der Waals surface area contributed by atoms with Crippen LogP contribution in [0.5, 0.6) is 0 Å². The first kappa shape index (κ1) is 10.2. The van der Waals surface area contributed by atoms with Crippen LogP contribution in [-0.4, -0.2) is 4.98 Å². The number of aryl methyl sites for hydroxylation is 2. The van der Waals surface area contributed by atoms with Gasteiger partial charge < -0.3 is 0 Å². The van der Waals surface area contributed by atoms with E-state index in [9.17, 15) is 0 Å². The molecule has 0 radical (unpaired) electrons. The van der Waals surface area contributed by atoms with Crippen LogP contribution in [0.3, 0.4) is 0 Å². The van der Waals surface area contributed by atoms with Gasteiger partial charge in [0.2, 0.25) is 0 Å². The van der Waals surface area contributed by atoms with Gasteiger partial charge in [-0.2, -0.15) is 0 Å². The van der Waals surface area contributed by atoms with Gasteiger partial charge >= 0.3 is 0 Å². The molecule has 72 valence electrons. The van der Waals surface area contributed by atoms with E-state index in [1.54, 1.807) is 0 Å². The van der Waals surface area contributed by atoms with Crippen LogP contribution in [0.1, 0.15) is 36.3 Å². The molecule has 0 aliphatic rings. The molecule has 13 heavy (non-hydrogen) atoms. The highest BCUT2D eigenvalue weighted by atomic mass is 15.2. The molecule has 3 N–H and O–H groups in total. The van der Waals surface area contributed by atoms with Gasteiger partial charge in [0.25, 0.3) is 0 Å². The number of rotatable bonds is 3. The molecule has 0 amide bonds. The molecule has 1 unspecified atom stereocenters. The normalized spacial score (nSPS) is 12.9. The minimum Gasteiger partial charge on any atom is -0.271 e. The van der Waals surface area contributed by atoms with Crippen LogP contribution in [0, 0.1) is 13.8 Å². The molecule has 1 aromatic heterocycles. The van der Waals surface area contributed by atoms with Crippen molar-refractivity contribution in [3.05, 3.63) is 29.1 Å². The molecular formula is C10H17N3. The summed E-state index contributed by atoms with van der Waals surface area (Å²) < 4.78 is 0. The van der Waals surface area contributed by atoms with Crippen LogP contribution in [0.4, 0.5) is 0 Å². The molecule has 0 fully saturated rings. The van der Waals surface area contributed by atoms with Crippen molar-refractivity contribution in [2.24, 2.45) is 5.84 Å². The van der Waals surface area contributed by atoms with Gasteiger partial charge in [0, 0.05) is 17.4 Å². The molecule has 0 saturated heterocycles. The van der Waals surface area contributed by atoms with E-state index >= 15 is 0 Å². The van der Waals surface area contributed by atoms with Crippen LogP contribution in [0.15, 0.2) is 12.1 Å². The Morgan fingerprint density at radius 2 is 1.92 bits per heavy atom. The number of aromatic nitrogens is 1. The maximum Gasteiger partial charge on any atom is 0.0458 e. The maximum atomic E-state index is 5.45. The summed E-state index contributed by atoms with van der Waals surface area (Å²) in [6, 6.07) is 4.38. The average molecular weight is 179 g/mol. The highest BCUT2D eigenvalue weighted by molar-refractivity contribution is 5.23. The SMILES string of the molecule is CCC(NN)c1cc(C)nc(C)c1. The maximum absolute atomic E-state index is 5.45. The molecule has 0 aliphatic carbocycles. The lowest BCUT2D eigenvalue weighted by atomic mass is 10.0. The van der Waals surface area contributed by atoms with E-state index in [2.05, 4.69) is 29.5 Å². The van der Waals surface area contributed by atoms with Crippen LogP contribution in [0.2, 0.25) is 0 Å². The lowest BCUT2D eigenvalue weighted by Gasteiger charge is -2.14. The zero-order chi connectivity index (χ0) is 9.84. The molecule has 0 spiro atoms. The summed E-state index contributed by atoms with van der Waals surface area (Å²) in [5.41, 5.74) is 6.10. The summed E-state index contributed by atoms with van der Waals surface area (Å²) in [5, 5.41) is 0. The fourth-order valence-corrected chi connectivity index (χ4v) is 1.52. The summed E-state index contributed by atoms with van der Waals surface area (Å²) in [7, 11) is 0. The number of nitrogens with one attached hydrogen (secondary N) is 1. The Morgan fingerprint density at radius 1 is 1.38 bits per heavy atom. The Balaban J connectivity index is 2.99. The van der Waals surface area contributed by atoms with Gasteiger partial charge in [0.15, 0.2) is 0 Å². The van der Waals surface area contributed by atoms with E-state index in [4.69, 9.17) is 5.84 Å². The van der Waals surface area contributed by atoms with Crippen LogP contribution in [-0.2, 0) is 0 Å². The fourth-order valence-electron chi connectivity index (χ4n) is 1.52. The second-order valence-electron chi connectivity index (χ2n) is 3.31. The quantitative estimate of drug-likeness (QED) is 0.547. The number of pyridine rings is 1. The van der Waals surface area contributed by atoms with E-state index in [-0.39, 0.29) is 6.04 Å². The third kappa shape index (κ3) is 2.50. The highest BCUT2D eigenvalue weighted by Gasteiger charge is 2.07. The van der Waals surface area contributed by atoms with Crippen molar-refractivity contribution in [1.82, 2.24) is 10.4 Å². The third-order valence-electron chi connectivity index (χ3n) is 2.12. The lowest BCUT2D eigenvalue weighted by molar-refractivity contribution is 0.538. The van der Waals surface area contributed by atoms with Crippen LogP contribution >= 0.6 is 0 Å². The van der Waals surface area contributed by atoms with Crippen LogP contribution < -0.4 is 11.3 Å². The Hall–Kier alpha value is -0.930. The van der Waals surface area contributed by atoms with Gasteiger partial charge in [-0.05, 0) is 38.0 Å². The second-order valence-corrected chi connectivity index (χ2v) is 3.31. The van der Waals surface area contributed by atoms with E-state index in [0.717, 1.165) is 17.8 Å². The van der Waals surface area contributed by atoms with E-state index in [0.29, 0.717) is 0 Å². The topological polar surface area (TPSA) is 50.9 Å². The molecule has 1 aromatic rings. The fraction of sp³-hybridized carbons (Fsp3) is 0.500. The molecule has 0 aromatic carbocycles. The molecular weight excluding hydrogens is 162 g/mol. The summed E-state index contributed by atoms with van der Waals surface area (Å²) in [6.07, 6.45) is 0.986. The smallest absolute Gasteiger partial charge is 0.0458 e. The zero-order valence-corrected chi connectivity index (χ0v) is 8.46. The molecule has 3 nitrogen and oxygen atoms in total. The van der Waals surface area contributed by atoms with Gasteiger partial charge in [0.05, 0.1) is 0 Å². The Bertz CT molecular complexity index is 259. The number of hydrazine groups is 1. The summed E-state index contributed by atoms with van der Waals surface area (Å²) in [6.45, 7) is 6.11. The first-order valence-corrected chi connectivity index (χ1v) is 4.58. The van der Waals surface area contributed by atoms with Crippen molar-refractivity contribution in [2.75, 3.05) is 0 Å². The number of hydrogen-bond acceptors (Lipinski definition) is 3. The monoisotopic (exact) mass is 179 g/mol. The Labute approximate surface area is 79.3 Å². The van der Waals surface area contributed by atoms with Crippen molar-refractivity contribution in [2.45, 2.75) is 33.2 Å². The molecule has 1 atom stereocenters. The van der Waals surface area contributed by atoms with Crippen molar-refractivity contribution in [3.8, 4) is 0 Å². The first-order chi connectivity index (χ1) is 6.17. The minimum absolute atomic E-state index is 0.236. The summed E-state index contributed by atoms with van der Waals surface area (Å²) in [4.78, 5) is 4.32. The predicted molar refractivity (Wildman–Crippen MR) is 54.1 cm³/mol. The molecule has 1 rings (SSSR count). The molecule has 0 aliphatic heterocycles. The molecule has 0 bridgehead atoms. The lowest BCUT2D eigenvalue weighted by Crippen LogP contribution is -2.27. The van der Waals surface area contributed by atoms with Gasteiger partial charge in [-0.15, -0.1) is 0 Å². The standard InChI is InChI=1S/C10H17N3/c1-4-10(13-11)9-5-7(2)12-8(3)6-9/h5-6,10,13H,4,11H2,1-3H3. The second kappa shape index (κ2) is 4.35. The average Bonchev–Trinajstić information content (AvgIpc) is 2.04. The zero-order valence-electron chi connectivity index (χ0n) is 8.46. The molecule has 1 heterocycles. The third-order valence-corrected chi connectivity index (χ3v) is 2.12. The van der Waals surface area contributed by atoms with Crippen molar-refractivity contribution in [1.29, 1.82) is 0 Å². The van der Waals surface area contributed by atoms with Gasteiger partial charge in [-0.1, -0.05) is 6.92 Å². The van der Waals surface area contributed by atoms with Gasteiger partial charge in [0.1, 0.15) is 0 Å². The van der Waals surface area contributed by atoms with E-state index < -0.39 is 0 Å². The van der Waals surface area contributed by atoms with E-state index in [1.165, 1.54) is 5.56 Å². The minimum atomic E-state index is 0.236. The number of nitrogens with two attached hydrogens (primary N) is 1. The van der Waals surface area contributed by atoms with Crippen molar-refractivity contribution < 1.29 is 0 Å². The predicted octanol–water partition coefficient (Wildman–Crippen LogP) is 1.61. The summed E-state index contributed by atoms with van der Waals surface area (Å²) >= 11 is 0.